The molecule has 0 aliphatic carbocycles. The minimum atomic E-state index is -2.31. The molecule has 0 bridgehead atoms. The first kappa shape index (κ1) is 11.6. The molecule has 1 N–H and O–H groups in total. The molecule has 3 heteroatoms. The van der Waals surface area contributed by atoms with Crippen molar-refractivity contribution in [1.82, 2.24) is 5.32 Å². The van der Waals surface area contributed by atoms with Crippen LogP contribution in [0.1, 0.15) is 20.3 Å². The van der Waals surface area contributed by atoms with Crippen LogP contribution in [0, 0.1) is 5.92 Å². The molecular weight excluding hydrogens is 160 g/mol. The van der Waals surface area contributed by atoms with Crippen molar-refractivity contribution in [2.75, 3.05) is 13.1 Å². The van der Waals surface area contributed by atoms with Gasteiger partial charge in [-0.2, -0.15) is 0 Å². The van der Waals surface area contributed by atoms with Crippen LogP contribution in [0.2, 0.25) is 0 Å². The highest BCUT2D eigenvalue weighted by Crippen LogP contribution is 1.94. The highest BCUT2D eigenvalue weighted by atomic mass is 19.3. The van der Waals surface area contributed by atoms with Gasteiger partial charge in [0.1, 0.15) is 0 Å². The summed E-state index contributed by atoms with van der Waals surface area (Å²) >= 11 is 0. The van der Waals surface area contributed by atoms with Gasteiger partial charge in [0.05, 0.1) is 0 Å². The molecule has 72 valence electrons. The van der Waals surface area contributed by atoms with E-state index in [-0.39, 0.29) is 0 Å². The zero-order valence-corrected chi connectivity index (χ0v) is 7.69. The van der Waals surface area contributed by atoms with Crippen LogP contribution < -0.4 is 5.32 Å². The molecule has 0 aromatic rings. The maximum atomic E-state index is 11.6. The van der Waals surface area contributed by atoms with Crippen molar-refractivity contribution < 1.29 is 8.78 Å². The number of rotatable bonds is 6. The van der Waals surface area contributed by atoms with Gasteiger partial charge >= 0.3 is 0 Å². The highest BCUT2D eigenvalue weighted by molar-refractivity contribution is 4.84. The minimum absolute atomic E-state index is 0.615. The maximum Gasteiger partial charge on any atom is 0.257 e. The summed E-state index contributed by atoms with van der Waals surface area (Å²) in [5.74, 6) is 0.615. The summed E-state index contributed by atoms with van der Waals surface area (Å²) in [6, 6.07) is 0. The predicted octanol–water partition coefficient (Wildman–Crippen LogP) is 2.44. The molecule has 0 saturated heterocycles. The van der Waals surface area contributed by atoms with E-state index in [0.29, 0.717) is 12.3 Å². The predicted molar refractivity (Wildman–Crippen MR) is 47.5 cm³/mol. The van der Waals surface area contributed by atoms with Gasteiger partial charge in [-0.25, -0.2) is 8.78 Å². The molecule has 1 nitrogen and oxygen atoms in total. The molecule has 0 spiro atoms. The Balaban J connectivity index is 3.11. The van der Waals surface area contributed by atoms with E-state index in [1.165, 1.54) is 6.08 Å². The molecule has 0 unspecified atom stereocenters. The van der Waals surface area contributed by atoms with Crippen LogP contribution in [0.4, 0.5) is 8.78 Å². The Labute approximate surface area is 72.9 Å². The number of hydrogen-bond acceptors (Lipinski definition) is 1. The van der Waals surface area contributed by atoms with Gasteiger partial charge in [0.25, 0.3) is 6.43 Å². The van der Waals surface area contributed by atoms with E-state index < -0.39 is 6.43 Å². The Morgan fingerprint density at radius 3 is 2.50 bits per heavy atom. The molecular formula is C9H17F2N. The quantitative estimate of drug-likeness (QED) is 0.485. The molecule has 0 amide bonds. The second-order valence-electron chi connectivity index (χ2n) is 3.15. The van der Waals surface area contributed by atoms with Crippen LogP contribution in [-0.4, -0.2) is 19.5 Å². The molecule has 0 aliphatic rings. The van der Waals surface area contributed by atoms with Gasteiger partial charge in [-0.05, 0) is 31.5 Å². The SMILES string of the molecule is CC(C)CNCC/C=C/C(F)F. The second-order valence-corrected chi connectivity index (χ2v) is 3.15. The lowest BCUT2D eigenvalue weighted by atomic mass is 10.2. The monoisotopic (exact) mass is 177 g/mol. The minimum Gasteiger partial charge on any atom is -0.316 e. The fourth-order valence-electron chi connectivity index (χ4n) is 0.775. The molecule has 0 saturated carbocycles. The first-order valence-corrected chi connectivity index (χ1v) is 4.28. The lowest BCUT2D eigenvalue weighted by Crippen LogP contribution is -2.20. The highest BCUT2D eigenvalue weighted by Gasteiger charge is 1.93. The van der Waals surface area contributed by atoms with E-state index in [2.05, 4.69) is 19.2 Å². The molecule has 0 heterocycles. The van der Waals surface area contributed by atoms with Gasteiger partial charge in [0.15, 0.2) is 0 Å². The van der Waals surface area contributed by atoms with Gasteiger partial charge in [0, 0.05) is 0 Å². The Kier molecular flexibility index (Phi) is 6.96. The maximum absolute atomic E-state index is 11.6. The first-order valence-electron chi connectivity index (χ1n) is 4.28. The van der Waals surface area contributed by atoms with Crippen LogP contribution in [0.25, 0.3) is 0 Å². The molecule has 0 radical (unpaired) electrons. The Morgan fingerprint density at radius 1 is 1.33 bits per heavy atom. The molecule has 0 aromatic carbocycles. The van der Waals surface area contributed by atoms with Gasteiger partial charge < -0.3 is 5.32 Å². The van der Waals surface area contributed by atoms with Crippen LogP contribution in [0.15, 0.2) is 12.2 Å². The van der Waals surface area contributed by atoms with Crippen molar-refractivity contribution >= 4 is 0 Å². The van der Waals surface area contributed by atoms with Gasteiger partial charge in [-0.3, -0.25) is 0 Å². The smallest absolute Gasteiger partial charge is 0.257 e. The zero-order valence-electron chi connectivity index (χ0n) is 7.69. The normalized spacial score (nSPS) is 12.2. The summed E-state index contributed by atoms with van der Waals surface area (Å²) in [6.07, 6.45) is 0.807. The first-order chi connectivity index (χ1) is 5.63. The Bertz CT molecular complexity index is 122. The van der Waals surface area contributed by atoms with Crippen molar-refractivity contribution in [1.29, 1.82) is 0 Å². The average molecular weight is 177 g/mol. The van der Waals surface area contributed by atoms with E-state index in [0.717, 1.165) is 19.2 Å². The van der Waals surface area contributed by atoms with Crippen LogP contribution in [0.3, 0.4) is 0 Å². The van der Waals surface area contributed by atoms with E-state index in [4.69, 9.17) is 0 Å². The third-order valence-corrected chi connectivity index (χ3v) is 1.32. The van der Waals surface area contributed by atoms with Gasteiger partial charge in [0.2, 0.25) is 0 Å². The molecule has 0 rings (SSSR count). The fourth-order valence-corrected chi connectivity index (χ4v) is 0.775. The summed E-state index contributed by atoms with van der Waals surface area (Å²) < 4.78 is 23.1. The Hall–Kier alpha value is -0.440. The standard InChI is InChI=1S/C9H17F2N/c1-8(2)7-12-6-4-3-5-9(10)11/h3,5,8-9,12H,4,6-7H2,1-2H3/b5-3+. The van der Waals surface area contributed by atoms with Crippen LogP contribution in [0.5, 0.6) is 0 Å². The van der Waals surface area contributed by atoms with E-state index >= 15 is 0 Å². The van der Waals surface area contributed by atoms with Gasteiger partial charge in [-0.1, -0.05) is 19.9 Å². The van der Waals surface area contributed by atoms with Crippen molar-refractivity contribution in [2.24, 2.45) is 5.92 Å². The molecule has 0 aliphatic heterocycles. The molecule has 0 fully saturated rings. The third-order valence-electron chi connectivity index (χ3n) is 1.32. The fraction of sp³-hybridized carbons (Fsp3) is 0.778. The van der Waals surface area contributed by atoms with Crippen LogP contribution in [-0.2, 0) is 0 Å². The van der Waals surface area contributed by atoms with Gasteiger partial charge in [-0.15, -0.1) is 0 Å². The Morgan fingerprint density at radius 2 is 2.00 bits per heavy atom. The van der Waals surface area contributed by atoms with Crippen molar-refractivity contribution in [3.63, 3.8) is 0 Å². The number of allylic oxidation sites excluding steroid dienone is 1. The second kappa shape index (κ2) is 7.22. The summed E-state index contributed by atoms with van der Waals surface area (Å²) in [5.41, 5.74) is 0. The number of halogens is 2. The summed E-state index contributed by atoms with van der Waals surface area (Å²) in [6.45, 7) is 5.95. The lowest BCUT2D eigenvalue weighted by Gasteiger charge is -2.04. The van der Waals surface area contributed by atoms with Crippen molar-refractivity contribution in [2.45, 2.75) is 26.7 Å². The average Bonchev–Trinajstić information content (AvgIpc) is 1.95. The zero-order chi connectivity index (χ0) is 9.40. The third kappa shape index (κ3) is 9.56. The topological polar surface area (TPSA) is 12.0 Å². The summed E-state index contributed by atoms with van der Waals surface area (Å²) in [5, 5.41) is 3.16. The molecule has 12 heavy (non-hydrogen) atoms. The summed E-state index contributed by atoms with van der Waals surface area (Å²) in [7, 11) is 0. The van der Waals surface area contributed by atoms with E-state index in [1.54, 1.807) is 0 Å². The largest absolute Gasteiger partial charge is 0.316 e. The van der Waals surface area contributed by atoms with E-state index in [9.17, 15) is 8.78 Å². The van der Waals surface area contributed by atoms with E-state index in [1.807, 2.05) is 0 Å². The van der Waals surface area contributed by atoms with Crippen molar-refractivity contribution in [3.8, 4) is 0 Å². The number of hydrogen-bond donors (Lipinski definition) is 1. The molecule has 0 aromatic heterocycles. The van der Waals surface area contributed by atoms with Crippen molar-refractivity contribution in [3.05, 3.63) is 12.2 Å². The summed E-state index contributed by atoms with van der Waals surface area (Å²) in [4.78, 5) is 0. The molecule has 0 atom stereocenters. The number of alkyl halides is 2. The number of nitrogens with one attached hydrogen (secondary N) is 1. The lowest BCUT2D eigenvalue weighted by molar-refractivity contribution is 0.204. The van der Waals surface area contributed by atoms with Crippen LogP contribution >= 0.6 is 0 Å².